The highest BCUT2D eigenvalue weighted by atomic mass is 15.4. The summed E-state index contributed by atoms with van der Waals surface area (Å²) in [6.45, 7) is 8.99. The molecule has 1 aromatic heterocycles. The maximum absolute atomic E-state index is 2.43. The lowest BCUT2D eigenvalue weighted by Gasteiger charge is -2.42. The largest absolute Gasteiger partial charge is 0.352 e. The number of hydrogen-bond donors (Lipinski definition) is 0. The minimum Gasteiger partial charge on any atom is -0.352 e. The maximum atomic E-state index is 2.43. The zero-order chi connectivity index (χ0) is 15.9. The van der Waals surface area contributed by atoms with Gasteiger partial charge < -0.3 is 14.4 Å². The van der Waals surface area contributed by atoms with Crippen LogP contribution < -0.4 is 4.90 Å². The van der Waals surface area contributed by atoms with Crippen molar-refractivity contribution in [2.75, 3.05) is 4.90 Å². The second-order valence-corrected chi connectivity index (χ2v) is 6.59. The van der Waals surface area contributed by atoms with Gasteiger partial charge in [0, 0.05) is 37.0 Å². The first-order valence-corrected chi connectivity index (χ1v) is 7.85. The first-order chi connectivity index (χ1) is 10.4. The molecule has 3 heteroatoms. The molecule has 0 spiro atoms. The van der Waals surface area contributed by atoms with E-state index in [9.17, 15) is 0 Å². The van der Waals surface area contributed by atoms with Crippen molar-refractivity contribution >= 4 is 5.69 Å². The lowest BCUT2D eigenvalue weighted by Crippen LogP contribution is -2.47. The molecule has 0 bridgehead atoms. The smallest absolute Gasteiger partial charge is 0.103 e. The van der Waals surface area contributed by atoms with Gasteiger partial charge in [-0.15, -0.1) is 0 Å². The second kappa shape index (κ2) is 5.24. The van der Waals surface area contributed by atoms with Gasteiger partial charge in [0.1, 0.15) is 6.17 Å². The van der Waals surface area contributed by atoms with Crippen molar-refractivity contribution in [1.82, 2.24) is 9.47 Å². The van der Waals surface area contributed by atoms with Gasteiger partial charge in [-0.1, -0.05) is 18.2 Å². The molecule has 0 aliphatic carbocycles. The molecule has 1 aliphatic rings. The van der Waals surface area contributed by atoms with Crippen molar-refractivity contribution in [3.8, 4) is 0 Å². The van der Waals surface area contributed by atoms with Gasteiger partial charge in [-0.25, -0.2) is 0 Å². The zero-order valence-corrected chi connectivity index (χ0v) is 14.1. The van der Waals surface area contributed by atoms with Gasteiger partial charge in [-0.05, 0) is 51.5 Å². The number of benzene rings is 1. The Balaban J connectivity index is 1.92. The molecule has 1 aromatic carbocycles. The first kappa shape index (κ1) is 14.8. The summed E-state index contributed by atoms with van der Waals surface area (Å²) in [5.74, 6) is 0. The number of hydrogen-bond acceptors (Lipinski definition) is 2. The molecule has 0 amide bonds. The standard InChI is InChI=1S/C19H25N3/c1-15-9-6-7-10-17(15)21-13-14-22(16(21)2)19(3,4)18-11-8-12-20(18)5/h6-14,16H,1-5H3/t16-/m1/s1. The van der Waals surface area contributed by atoms with Crippen LogP contribution in [0.3, 0.4) is 0 Å². The Hall–Kier alpha value is -2.16. The summed E-state index contributed by atoms with van der Waals surface area (Å²) in [5, 5.41) is 0. The third-order valence-corrected chi connectivity index (χ3v) is 4.80. The lowest BCUT2D eigenvalue weighted by molar-refractivity contribution is 0.145. The summed E-state index contributed by atoms with van der Waals surface area (Å²) in [5.41, 5.74) is 3.83. The van der Waals surface area contributed by atoms with E-state index in [1.165, 1.54) is 16.9 Å². The fraction of sp³-hybridized carbons (Fsp3) is 0.368. The van der Waals surface area contributed by atoms with Crippen molar-refractivity contribution in [2.24, 2.45) is 7.05 Å². The highest BCUT2D eigenvalue weighted by Gasteiger charge is 2.36. The number of aromatic nitrogens is 1. The monoisotopic (exact) mass is 295 g/mol. The SMILES string of the molecule is Cc1ccccc1N1C=CN(C(C)(C)c2cccn2C)[C@@H]1C. The van der Waals surface area contributed by atoms with Gasteiger partial charge in [0.2, 0.25) is 0 Å². The minimum absolute atomic E-state index is 0.0639. The highest BCUT2D eigenvalue weighted by molar-refractivity contribution is 5.57. The molecule has 1 atom stereocenters. The fourth-order valence-electron chi connectivity index (χ4n) is 3.54. The van der Waals surface area contributed by atoms with E-state index in [1.54, 1.807) is 0 Å². The number of para-hydroxylation sites is 1. The van der Waals surface area contributed by atoms with Gasteiger partial charge in [-0.2, -0.15) is 0 Å². The average molecular weight is 295 g/mol. The Morgan fingerprint density at radius 2 is 1.73 bits per heavy atom. The van der Waals surface area contributed by atoms with E-state index in [4.69, 9.17) is 0 Å². The second-order valence-electron chi connectivity index (χ2n) is 6.59. The van der Waals surface area contributed by atoms with Crippen LogP contribution in [0.15, 0.2) is 55.0 Å². The van der Waals surface area contributed by atoms with E-state index in [2.05, 4.69) is 104 Å². The highest BCUT2D eigenvalue weighted by Crippen LogP contribution is 2.36. The van der Waals surface area contributed by atoms with Crippen LogP contribution in [-0.4, -0.2) is 15.6 Å². The molecule has 2 heterocycles. The predicted octanol–water partition coefficient (Wildman–Crippen LogP) is 4.21. The lowest BCUT2D eigenvalue weighted by atomic mass is 9.98. The topological polar surface area (TPSA) is 11.4 Å². The van der Waals surface area contributed by atoms with Crippen LogP contribution in [0.25, 0.3) is 0 Å². The van der Waals surface area contributed by atoms with E-state index in [-0.39, 0.29) is 11.7 Å². The predicted molar refractivity (Wildman–Crippen MR) is 92.5 cm³/mol. The van der Waals surface area contributed by atoms with E-state index >= 15 is 0 Å². The fourth-order valence-corrected chi connectivity index (χ4v) is 3.54. The summed E-state index contributed by atoms with van der Waals surface area (Å²) in [4.78, 5) is 4.77. The Kier molecular flexibility index (Phi) is 3.51. The van der Waals surface area contributed by atoms with Crippen LogP contribution >= 0.6 is 0 Å². The summed E-state index contributed by atoms with van der Waals surface area (Å²) in [6, 6.07) is 12.9. The molecular formula is C19H25N3. The molecule has 1 aliphatic heterocycles. The van der Waals surface area contributed by atoms with Crippen molar-refractivity contribution < 1.29 is 0 Å². The van der Waals surface area contributed by atoms with Crippen LogP contribution in [-0.2, 0) is 12.6 Å². The number of nitrogens with zero attached hydrogens (tertiary/aromatic N) is 3. The molecule has 0 saturated carbocycles. The summed E-state index contributed by atoms with van der Waals surface area (Å²) < 4.78 is 2.21. The van der Waals surface area contributed by atoms with E-state index in [0.29, 0.717) is 0 Å². The Morgan fingerprint density at radius 3 is 2.36 bits per heavy atom. The molecule has 0 saturated heterocycles. The Morgan fingerprint density at radius 1 is 1.00 bits per heavy atom. The van der Waals surface area contributed by atoms with Crippen LogP contribution in [0, 0.1) is 6.92 Å². The molecule has 0 unspecified atom stereocenters. The van der Waals surface area contributed by atoms with Crippen LogP contribution in [0.4, 0.5) is 5.69 Å². The average Bonchev–Trinajstić information content (AvgIpc) is 3.06. The number of anilines is 1. The van der Waals surface area contributed by atoms with Gasteiger partial charge in [0.15, 0.2) is 0 Å². The molecule has 3 nitrogen and oxygen atoms in total. The molecule has 2 aromatic rings. The minimum atomic E-state index is -0.0639. The normalized spacial score (nSPS) is 18.3. The van der Waals surface area contributed by atoms with Crippen molar-refractivity contribution in [3.63, 3.8) is 0 Å². The van der Waals surface area contributed by atoms with E-state index in [1.807, 2.05) is 0 Å². The van der Waals surface area contributed by atoms with Crippen molar-refractivity contribution in [1.29, 1.82) is 0 Å². The molecule has 116 valence electrons. The molecule has 3 rings (SSSR count). The van der Waals surface area contributed by atoms with Crippen LogP contribution in [0.5, 0.6) is 0 Å². The molecular weight excluding hydrogens is 270 g/mol. The number of rotatable bonds is 3. The Labute approximate surface area is 133 Å². The van der Waals surface area contributed by atoms with Gasteiger partial charge in [0.05, 0.1) is 5.54 Å². The van der Waals surface area contributed by atoms with Gasteiger partial charge in [-0.3, -0.25) is 0 Å². The van der Waals surface area contributed by atoms with Crippen molar-refractivity contribution in [3.05, 3.63) is 66.3 Å². The summed E-state index contributed by atoms with van der Waals surface area (Å²) in [6.07, 6.45) is 6.80. The number of aryl methyl sites for hydroxylation is 2. The molecule has 0 radical (unpaired) electrons. The first-order valence-electron chi connectivity index (χ1n) is 7.85. The Bertz CT molecular complexity index is 696. The molecule has 22 heavy (non-hydrogen) atoms. The van der Waals surface area contributed by atoms with Crippen LogP contribution in [0.1, 0.15) is 32.0 Å². The quantitative estimate of drug-likeness (QED) is 0.840. The van der Waals surface area contributed by atoms with Crippen molar-refractivity contribution in [2.45, 2.75) is 39.4 Å². The third-order valence-electron chi connectivity index (χ3n) is 4.80. The van der Waals surface area contributed by atoms with E-state index in [0.717, 1.165) is 0 Å². The van der Waals surface area contributed by atoms with Crippen LogP contribution in [0.2, 0.25) is 0 Å². The van der Waals surface area contributed by atoms with E-state index < -0.39 is 0 Å². The molecule has 0 fully saturated rings. The molecule has 0 N–H and O–H groups in total. The third kappa shape index (κ3) is 2.21. The summed E-state index contributed by atoms with van der Waals surface area (Å²) in [7, 11) is 2.11. The maximum Gasteiger partial charge on any atom is 0.103 e. The zero-order valence-electron chi connectivity index (χ0n) is 14.1. The van der Waals surface area contributed by atoms with Gasteiger partial charge in [0.25, 0.3) is 0 Å². The van der Waals surface area contributed by atoms with Gasteiger partial charge >= 0.3 is 0 Å². The summed E-state index contributed by atoms with van der Waals surface area (Å²) >= 11 is 0.